The van der Waals surface area contributed by atoms with Crippen LogP contribution in [0.25, 0.3) is 0 Å². The molecular formula is C13H12O3. The number of ketones is 2. The molecule has 82 valence electrons. The van der Waals surface area contributed by atoms with Gasteiger partial charge in [0.05, 0.1) is 0 Å². The Morgan fingerprint density at radius 2 is 1.94 bits per heavy atom. The largest absolute Gasteiger partial charge is 0.349 e. The molecule has 0 bridgehead atoms. The average Bonchev–Trinajstić information content (AvgIpc) is 3.03. The Labute approximate surface area is 93.4 Å². The van der Waals surface area contributed by atoms with Crippen molar-refractivity contribution in [3.8, 4) is 0 Å². The molecule has 1 aromatic carbocycles. The van der Waals surface area contributed by atoms with Gasteiger partial charge in [0.25, 0.3) is 0 Å². The third kappa shape index (κ3) is 1.01. The van der Waals surface area contributed by atoms with Crippen LogP contribution >= 0.6 is 0 Å². The van der Waals surface area contributed by atoms with Crippen molar-refractivity contribution in [1.29, 1.82) is 0 Å². The van der Waals surface area contributed by atoms with E-state index >= 15 is 0 Å². The van der Waals surface area contributed by atoms with Gasteiger partial charge in [-0.2, -0.15) is 0 Å². The summed E-state index contributed by atoms with van der Waals surface area (Å²) in [6.45, 7) is 1.99. The van der Waals surface area contributed by atoms with Crippen molar-refractivity contribution in [2.75, 3.05) is 0 Å². The molecule has 1 aliphatic heterocycles. The van der Waals surface area contributed by atoms with E-state index < -0.39 is 11.7 Å². The van der Waals surface area contributed by atoms with Gasteiger partial charge in [-0.15, -0.1) is 0 Å². The van der Waals surface area contributed by atoms with Crippen molar-refractivity contribution in [2.45, 2.75) is 31.5 Å². The number of fused-ring (bicyclic) bond motifs is 2. The Hall–Kier alpha value is -1.48. The van der Waals surface area contributed by atoms with Gasteiger partial charge in [0.1, 0.15) is 0 Å². The van der Waals surface area contributed by atoms with Gasteiger partial charge in [-0.25, -0.2) is 0 Å². The number of ether oxygens (including phenoxy) is 1. The first kappa shape index (κ1) is 9.73. The highest BCUT2D eigenvalue weighted by Crippen LogP contribution is 2.48. The zero-order chi connectivity index (χ0) is 11.3. The number of rotatable bonds is 2. The Morgan fingerprint density at radius 3 is 2.62 bits per heavy atom. The molecule has 1 heterocycles. The molecule has 0 saturated carbocycles. The molecule has 0 amide bonds. The van der Waals surface area contributed by atoms with Crippen molar-refractivity contribution in [1.82, 2.24) is 0 Å². The summed E-state index contributed by atoms with van der Waals surface area (Å²) < 4.78 is 5.41. The first-order valence-corrected chi connectivity index (χ1v) is 5.56. The Morgan fingerprint density at radius 1 is 1.25 bits per heavy atom. The van der Waals surface area contributed by atoms with Crippen LogP contribution in [0.3, 0.4) is 0 Å². The van der Waals surface area contributed by atoms with Crippen LogP contribution in [0.15, 0.2) is 24.3 Å². The monoisotopic (exact) mass is 216 g/mol. The van der Waals surface area contributed by atoms with Crippen LogP contribution < -0.4 is 0 Å². The highest BCUT2D eigenvalue weighted by molar-refractivity contribution is 6.22. The first-order chi connectivity index (χ1) is 7.70. The molecule has 3 heteroatoms. The number of benzene rings is 1. The number of Topliss-reactive ketones (excluding diaryl/α,β-unsaturated/α-hetero) is 2. The molecule has 0 spiro atoms. The molecule has 2 atom stereocenters. The first-order valence-electron chi connectivity index (χ1n) is 5.56. The highest BCUT2D eigenvalue weighted by atomic mass is 16.6. The number of epoxide rings is 1. The van der Waals surface area contributed by atoms with E-state index in [2.05, 4.69) is 0 Å². The van der Waals surface area contributed by atoms with E-state index in [0.717, 1.165) is 6.42 Å². The van der Waals surface area contributed by atoms with Crippen LogP contribution in [0.2, 0.25) is 0 Å². The third-order valence-electron chi connectivity index (χ3n) is 3.38. The van der Waals surface area contributed by atoms with Crippen molar-refractivity contribution in [3.63, 3.8) is 0 Å². The minimum absolute atomic E-state index is 0.0189. The molecule has 1 aromatic rings. The lowest BCUT2D eigenvalue weighted by Crippen LogP contribution is -2.36. The lowest BCUT2D eigenvalue weighted by atomic mass is 9.80. The fraction of sp³-hybridized carbons (Fsp3) is 0.385. The van der Waals surface area contributed by atoms with Gasteiger partial charge in [-0.3, -0.25) is 9.59 Å². The molecule has 0 unspecified atom stereocenters. The zero-order valence-electron chi connectivity index (χ0n) is 9.03. The van der Waals surface area contributed by atoms with Gasteiger partial charge < -0.3 is 4.74 Å². The minimum Gasteiger partial charge on any atom is -0.349 e. The van der Waals surface area contributed by atoms with Crippen LogP contribution in [-0.2, 0) is 4.74 Å². The van der Waals surface area contributed by atoms with Gasteiger partial charge in [0, 0.05) is 11.1 Å². The van der Waals surface area contributed by atoms with Gasteiger partial charge in [0.2, 0.25) is 0 Å². The molecule has 3 rings (SSSR count). The summed E-state index contributed by atoms with van der Waals surface area (Å²) in [5, 5.41) is 0. The maximum Gasteiger partial charge on any atom is 0.198 e. The zero-order valence-corrected chi connectivity index (χ0v) is 9.03. The van der Waals surface area contributed by atoms with Gasteiger partial charge in [-0.1, -0.05) is 37.6 Å². The summed E-state index contributed by atoms with van der Waals surface area (Å²) in [5.74, 6) is -0.0572. The quantitative estimate of drug-likeness (QED) is 0.710. The summed E-state index contributed by atoms with van der Waals surface area (Å²) in [6, 6.07) is 6.98. The van der Waals surface area contributed by atoms with Crippen LogP contribution in [0, 0.1) is 0 Å². The van der Waals surface area contributed by atoms with Crippen LogP contribution in [0.4, 0.5) is 0 Å². The molecule has 0 radical (unpaired) electrons. The van der Waals surface area contributed by atoms with E-state index in [-0.39, 0.29) is 11.6 Å². The molecule has 1 fully saturated rings. The normalized spacial score (nSPS) is 30.9. The van der Waals surface area contributed by atoms with Crippen molar-refractivity contribution >= 4 is 11.6 Å². The van der Waals surface area contributed by atoms with Crippen LogP contribution in [0.5, 0.6) is 0 Å². The van der Waals surface area contributed by atoms with E-state index in [1.165, 1.54) is 0 Å². The summed E-state index contributed by atoms with van der Waals surface area (Å²) >= 11 is 0. The van der Waals surface area contributed by atoms with E-state index in [0.29, 0.717) is 17.5 Å². The third-order valence-corrected chi connectivity index (χ3v) is 3.38. The van der Waals surface area contributed by atoms with E-state index in [1.54, 1.807) is 24.3 Å². The fourth-order valence-electron chi connectivity index (χ4n) is 2.55. The predicted molar refractivity (Wildman–Crippen MR) is 57.6 cm³/mol. The lowest BCUT2D eigenvalue weighted by molar-refractivity contribution is 0.0852. The number of hydrogen-bond acceptors (Lipinski definition) is 3. The predicted octanol–water partition coefficient (Wildman–Crippen LogP) is 2.00. The highest BCUT2D eigenvalue weighted by Gasteiger charge is 2.67. The summed E-state index contributed by atoms with van der Waals surface area (Å²) in [7, 11) is 0. The van der Waals surface area contributed by atoms with Crippen molar-refractivity contribution in [2.24, 2.45) is 0 Å². The lowest BCUT2D eigenvalue weighted by Gasteiger charge is -2.17. The van der Waals surface area contributed by atoms with Crippen LogP contribution in [0.1, 0.15) is 40.5 Å². The van der Waals surface area contributed by atoms with Gasteiger partial charge >= 0.3 is 0 Å². The van der Waals surface area contributed by atoms with E-state index in [9.17, 15) is 9.59 Å². The molecule has 1 aliphatic carbocycles. The Balaban J connectivity index is 2.12. The standard InChI is InChI=1S/C13H12O3/c1-2-7-13-11(15)9-6-4-3-5-8(9)10(14)12(13)16-13/h3-6,12H,2,7H2,1H3/t12-,13+/m1/s1. The van der Waals surface area contributed by atoms with Crippen molar-refractivity contribution < 1.29 is 14.3 Å². The SMILES string of the molecule is CCC[C@@]12O[C@@H]1C(=O)c1ccccc1C2=O. The maximum absolute atomic E-state index is 12.2. The summed E-state index contributed by atoms with van der Waals surface area (Å²) in [6.07, 6.45) is 0.962. The summed E-state index contributed by atoms with van der Waals surface area (Å²) in [5.41, 5.74) is 0.219. The Bertz CT molecular complexity index is 492. The maximum atomic E-state index is 12.2. The minimum atomic E-state index is -0.819. The van der Waals surface area contributed by atoms with E-state index in [1.807, 2.05) is 6.92 Å². The molecular weight excluding hydrogens is 204 g/mol. The number of carbonyl (C=O) groups excluding carboxylic acids is 2. The summed E-state index contributed by atoms with van der Waals surface area (Å²) in [4.78, 5) is 24.2. The number of carbonyl (C=O) groups is 2. The molecule has 16 heavy (non-hydrogen) atoms. The van der Waals surface area contributed by atoms with Crippen molar-refractivity contribution in [3.05, 3.63) is 35.4 Å². The molecule has 0 aromatic heterocycles. The van der Waals surface area contributed by atoms with Crippen LogP contribution in [-0.4, -0.2) is 23.3 Å². The average molecular weight is 216 g/mol. The smallest absolute Gasteiger partial charge is 0.198 e. The second kappa shape index (κ2) is 3.01. The molecule has 1 saturated heterocycles. The molecule has 3 nitrogen and oxygen atoms in total. The van der Waals surface area contributed by atoms with Gasteiger partial charge in [-0.05, 0) is 6.42 Å². The fourth-order valence-corrected chi connectivity index (χ4v) is 2.55. The number of hydrogen-bond donors (Lipinski definition) is 0. The topological polar surface area (TPSA) is 46.7 Å². The molecule has 0 N–H and O–H groups in total. The Kier molecular flexibility index (Phi) is 1.83. The van der Waals surface area contributed by atoms with Gasteiger partial charge in [0.15, 0.2) is 23.3 Å². The second-order valence-corrected chi connectivity index (χ2v) is 4.38. The van der Waals surface area contributed by atoms with E-state index in [4.69, 9.17) is 4.74 Å². The molecule has 2 aliphatic rings. The second-order valence-electron chi connectivity index (χ2n) is 4.38.